The average molecular weight is 391 g/mol. The molecule has 3 aromatic rings. The number of nitrogens with one attached hydrogen (secondary N) is 1. The Bertz CT molecular complexity index is 999. The van der Waals surface area contributed by atoms with Gasteiger partial charge in [0.1, 0.15) is 0 Å². The maximum absolute atomic E-state index is 12.7. The highest BCUT2D eigenvalue weighted by Gasteiger charge is 2.19. The van der Waals surface area contributed by atoms with E-state index in [0.29, 0.717) is 5.82 Å². The zero-order valence-electron chi connectivity index (χ0n) is 16.1. The predicted octanol–water partition coefficient (Wildman–Crippen LogP) is 2.40. The third-order valence-electron chi connectivity index (χ3n) is 4.18. The summed E-state index contributed by atoms with van der Waals surface area (Å²) in [6.07, 6.45) is 1.61. The van der Waals surface area contributed by atoms with Gasteiger partial charge in [-0.25, -0.2) is 4.79 Å². The Morgan fingerprint density at radius 1 is 1.10 bits per heavy atom. The van der Waals surface area contributed by atoms with Gasteiger partial charge in [-0.15, -0.1) is 5.10 Å². The molecular formula is C21H21N5O3. The summed E-state index contributed by atoms with van der Waals surface area (Å²) in [7, 11) is 0. The van der Waals surface area contributed by atoms with Crippen LogP contribution >= 0.6 is 0 Å². The third-order valence-corrected chi connectivity index (χ3v) is 4.18. The normalized spacial score (nSPS) is 12.3. The van der Waals surface area contributed by atoms with E-state index < -0.39 is 18.5 Å². The maximum Gasteiger partial charge on any atom is 0.357 e. The summed E-state index contributed by atoms with van der Waals surface area (Å²) in [6.45, 7) is 3.11. The van der Waals surface area contributed by atoms with E-state index in [2.05, 4.69) is 20.8 Å². The number of ether oxygens (including phenoxy) is 1. The lowest BCUT2D eigenvalue weighted by molar-refractivity contribution is -0.143. The molecule has 0 aliphatic rings. The molecule has 1 heterocycles. The van der Waals surface area contributed by atoms with Crippen LogP contribution in [0.15, 0.2) is 60.7 Å². The quantitative estimate of drug-likeness (QED) is 0.490. The van der Waals surface area contributed by atoms with Crippen LogP contribution in [0.2, 0.25) is 0 Å². The van der Waals surface area contributed by atoms with Crippen LogP contribution < -0.4 is 5.32 Å². The summed E-state index contributed by atoms with van der Waals surface area (Å²) in [6, 6.07) is 18.6. The van der Waals surface area contributed by atoms with E-state index in [9.17, 15) is 9.59 Å². The van der Waals surface area contributed by atoms with Gasteiger partial charge in [-0.2, -0.15) is 4.68 Å². The lowest BCUT2D eigenvalue weighted by Gasteiger charge is -2.14. The first-order valence-corrected chi connectivity index (χ1v) is 9.08. The minimum Gasteiger partial charge on any atom is -0.451 e. The molecule has 1 N–H and O–H groups in total. The molecule has 0 bridgehead atoms. The smallest absolute Gasteiger partial charge is 0.357 e. The Hall–Kier alpha value is -3.81. The molecule has 1 amide bonds. The lowest BCUT2D eigenvalue weighted by atomic mass is 10.1. The monoisotopic (exact) mass is 391 g/mol. The Morgan fingerprint density at radius 2 is 1.76 bits per heavy atom. The highest BCUT2D eigenvalue weighted by Crippen LogP contribution is 2.14. The molecule has 1 aromatic heterocycles. The molecule has 0 saturated carbocycles. The molecule has 0 aliphatic heterocycles. The molecule has 2 aromatic carbocycles. The number of carbonyl (C=O) groups is 2. The zero-order valence-corrected chi connectivity index (χ0v) is 16.1. The number of amides is 1. The molecule has 8 nitrogen and oxygen atoms in total. The predicted molar refractivity (Wildman–Crippen MR) is 107 cm³/mol. The van der Waals surface area contributed by atoms with E-state index in [0.717, 1.165) is 11.1 Å². The van der Waals surface area contributed by atoms with Crippen LogP contribution in [0.1, 0.15) is 29.9 Å². The largest absolute Gasteiger partial charge is 0.451 e. The molecule has 3 rings (SSSR count). The van der Waals surface area contributed by atoms with Gasteiger partial charge < -0.3 is 10.1 Å². The van der Waals surface area contributed by atoms with Gasteiger partial charge in [0.15, 0.2) is 18.1 Å². The van der Waals surface area contributed by atoms with Crippen LogP contribution in [0.4, 0.5) is 0 Å². The van der Waals surface area contributed by atoms with Crippen molar-refractivity contribution in [1.29, 1.82) is 0 Å². The number of tetrazole rings is 1. The van der Waals surface area contributed by atoms with Crippen molar-refractivity contribution in [2.45, 2.75) is 19.9 Å². The summed E-state index contributed by atoms with van der Waals surface area (Å²) in [4.78, 5) is 24.9. The Kier molecular flexibility index (Phi) is 6.47. The fraction of sp³-hybridized carbons (Fsp3) is 0.190. The Balaban J connectivity index is 1.68. The van der Waals surface area contributed by atoms with Crippen molar-refractivity contribution in [3.63, 3.8) is 0 Å². The molecule has 0 radical (unpaired) electrons. The van der Waals surface area contributed by atoms with Gasteiger partial charge in [0.25, 0.3) is 5.91 Å². The fourth-order valence-corrected chi connectivity index (χ4v) is 2.68. The van der Waals surface area contributed by atoms with Crippen molar-refractivity contribution in [3.8, 4) is 0 Å². The van der Waals surface area contributed by atoms with E-state index in [1.54, 1.807) is 13.0 Å². The number of carbonyl (C=O) groups excluding carboxylic acids is 2. The number of aryl methyl sites for hydroxylation is 1. The molecule has 0 fully saturated rings. The number of esters is 1. The van der Waals surface area contributed by atoms with E-state index in [1.165, 1.54) is 4.68 Å². The fourth-order valence-electron chi connectivity index (χ4n) is 2.68. The van der Waals surface area contributed by atoms with Crippen LogP contribution in [-0.4, -0.2) is 38.7 Å². The van der Waals surface area contributed by atoms with Gasteiger partial charge in [0.2, 0.25) is 0 Å². The minimum absolute atomic E-state index is 0.114. The van der Waals surface area contributed by atoms with Gasteiger partial charge in [-0.1, -0.05) is 60.7 Å². The summed E-state index contributed by atoms with van der Waals surface area (Å²) >= 11 is 0. The van der Waals surface area contributed by atoms with Crippen LogP contribution in [0.5, 0.6) is 0 Å². The summed E-state index contributed by atoms with van der Waals surface area (Å²) in [5.74, 6) is -0.680. The number of aromatic nitrogens is 4. The molecule has 0 saturated heterocycles. The van der Waals surface area contributed by atoms with Crippen LogP contribution in [0.3, 0.4) is 0 Å². The molecule has 0 unspecified atom stereocenters. The summed E-state index contributed by atoms with van der Waals surface area (Å²) in [5, 5.41) is 14.0. The molecule has 0 spiro atoms. The molecule has 29 heavy (non-hydrogen) atoms. The molecule has 0 aliphatic carbocycles. The number of rotatable bonds is 7. The highest BCUT2D eigenvalue weighted by atomic mass is 16.5. The van der Waals surface area contributed by atoms with Gasteiger partial charge >= 0.3 is 5.97 Å². The summed E-state index contributed by atoms with van der Waals surface area (Å²) in [5.41, 5.74) is 1.85. The van der Waals surface area contributed by atoms with E-state index in [1.807, 2.05) is 67.6 Å². The molecular weight excluding hydrogens is 370 g/mol. The van der Waals surface area contributed by atoms with Gasteiger partial charge in [0, 0.05) is 0 Å². The minimum atomic E-state index is -0.702. The van der Waals surface area contributed by atoms with Crippen LogP contribution in [-0.2, 0) is 14.3 Å². The first kappa shape index (κ1) is 19.9. The number of hydrogen-bond donors (Lipinski definition) is 1. The maximum atomic E-state index is 12.7. The van der Waals surface area contributed by atoms with Crippen molar-refractivity contribution in [1.82, 2.24) is 25.5 Å². The van der Waals surface area contributed by atoms with Crippen molar-refractivity contribution in [3.05, 3.63) is 77.6 Å². The average Bonchev–Trinajstić information content (AvgIpc) is 3.17. The number of benzene rings is 2. The Morgan fingerprint density at radius 3 is 2.38 bits per heavy atom. The zero-order chi connectivity index (χ0) is 20.6. The number of nitrogens with zero attached hydrogens (tertiary/aromatic N) is 4. The molecule has 1 atom stereocenters. The van der Waals surface area contributed by atoms with Gasteiger partial charge in [-0.3, -0.25) is 4.79 Å². The third kappa shape index (κ3) is 5.35. The standard InChI is InChI=1S/C21H21N5O3/c1-15(18-11-7-4-8-12-18)22-20(27)14-29-21(28)19(26-16(2)23-24-25-26)13-17-9-5-3-6-10-17/h3-13,15H,14H2,1-2H3,(H,22,27)/b19-13-/t15-/m0/s1. The first-order chi connectivity index (χ1) is 14.0. The lowest BCUT2D eigenvalue weighted by Crippen LogP contribution is -2.31. The van der Waals surface area contributed by atoms with Crippen molar-refractivity contribution in [2.24, 2.45) is 0 Å². The first-order valence-electron chi connectivity index (χ1n) is 9.08. The van der Waals surface area contributed by atoms with Crippen LogP contribution in [0.25, 0.3) is 11.8 Å². The second-order valence-corrected chi connectivity index (χ2v) is 6.35. The van der Waals surface area contributed by atoms with Crippen molar-refractivity contribution >= 4 is 23.6 Å². The van der Waals surface area contributed by atoms with Crippen molar-refractivity contribution in [2.75, 3.05) is 6.61 Å². The van der Waals surface area contributed by atoms with E-state index in [4.69, 9.17) is 4.74 Å². The summed E-state index contributed by atoms with van der Waals surface area (Å²) < 4.78 is 6.50. The topological polar surface area (TPSA) is 99.0 Å². The van der Waals surface area contributed by atoms with Gasteiger partial charge in [0.05, 0.1) is 6.04 Å². The van der Waals surface area contributed by atoms with Gasteiger partial charge in [-0.05, 0) is 41.5 Å². The van der Waals surface area contributed by atoms with Crippen molar-refractivity contribution < 1.29 is 14.3 Å². The van der Waals surface area contributed by atoms with E-state index in [-0.39, 0.29) is 11.7 Å². The SMILES string of the molecule is Cc1nnnn1/C(=C\c1ccccc1)C(=O)OCC(=O)N[C@@H](C)c1ccccc1. The number of hydrogen-bond acceptors (Lipinski definition) is 6. The van der Waals surface area contributed by atoms with Crippen LogP contribution in [0, 0.1) is 6.92 Å². The second kappa shape index (κ2) is 9.41. The highest BCUT2D eigenvalue weighted by molar-refractivity contribution is 6.15. The molecule has 8 heteroatoms. The van der Waals surface area contributed by atoms with E-state index >= 15 is 0 Å². The second-order valence-electron chi connectivity index (χ2n) is 6.35. The molecule has 148 valence electrons. The Labute approximate surface area is 168 Å².